The van der Waals surface area contributed by atoms with Crippen molar-refractivity contribution < 1.29 is 18.3 Å². The molecule has 24 heavy (non-hydrogen) atoms. The number of imidazole rings is 1. The Labute approximate surface area is 129 Å². The number of hydrogen-bond donors (Lipinski definition) is 3. The molecular weight excluding hydrogens is 333 g/mol. The average molecular weight is 342 g/mol. The van der Waals surface area contributed by atoms with Crippen molar-refractivity contribution in [3.05, 3.63) is 45.3 Å². The highest BCUT2D eigenvalue weighted by molar-refractivity contribution is 5.70. The van der Waals surface area contributed by atoms with E-state index < -0.39 is 28.7 Å². The summed E-state index contributed by atoms with van der Waals surface area (Å²) < 4.78 is 39.2. The fourth-order valence-electron chi connectivity index (χ4n) is 1.98. The molecule has 3 rings (SSSR count). The number of hydrogen-bond acceptors (Lipinski definition) is 6. The number of halogens is 3. The van der Waals surface area contributed by atoms with E-state index in [9.17, 15) is 27.9 Å². The number of alkyl halides is 3. The second kappa shape index (κ2) is 4.99. The van der Waals surface area contributed by atoms with Gasteiger partial charge in [-0.15, -0.1) is 0 Å². The summed E-state index contributed by atoms with van der Waals surface area (Å²) in [5, 5.41) is 9.55. The van der Waals surface area contributed by atoms with E-state index in [0.29, 0.717) is 13.1 Å². The van der Waals surface area contributed by atoms with Crippen LogP contribution in [0.1, 0.15) is 12.6 Å². The van der Waals surface area contributed by atoms with Crippen LogP contribution in [0.5, 0.6) is 0 Å². The summed E-state index contributed by atoms with van der Waals surface area (Å²) in [6, 6.07) is 0. The van der Waals surface area contributed by atoms with Gasteiger partial charge in [0.15, 0.2) is 11.5 Å². The van der Waals surface area contributed by atoms with E-state index in [1.165, 1.54) is 6.33 Å². The van der Waals surface area contributed by atoms with Crippen molar-refractivity contribution in [3.63, 3.8) is 0 Å². The molecule has 1 unspecified atom stereocenters. The number of fused-ring (bicyclic) bond motifs is 1. The lowest BCUT2D eigenvalue weighted by atomic mass is 10.0. The summed E-state index contributed by atoms with van der Waals surface area (Å²) in [6.07, 6.45) is -2.22. The molecule has 0 aliphatic rings. The van der Waals surface area contributed by atoms with Gasteiger partial charge in [-0.05, 0) is 6.92 Å². The van der Waals surface area contributed by atoms with Gasteiger partial charge < -0.3 is 10.1 Å². The molecule has 3 N–H and O–H groups in total. The Hall–Kier alpha value is -3.02. The minimum atomic E-state index is -4.95. The Balaban J connectivity index is 2.15. The lowest BCUT2D eigenvalue weighted by molar-refractivity contribution is -0.260. The van der Waals surface area contributed by atoms with Crippen molar-refractivity contribution in [2.75, 3.05) is 0 Å². The monoisotopic (exact) mass is 342 g/mol. The second-order valence-electron chi connectivity index (χ2n) is 5.03. The SMILES string of the molecule is CC(O)(c1cnc(-n2c(=O)[nH]c(=O)c3[nH]cnc32)cn1)C(F)(F)F. The summed E-state index contributed by atoms with van der Waals surface area (Å²) in [5.41, 5.74) is -5.60. The fraction of sp³-hybridized carbons (Fsp3) is 0.250. The van der Waals surface area contributed by atoms with E-state index in [-0.39, 0.29) is 17.0 Å². The highest BCUT2D eigenvalue weighted by Gasteiger charge is 2.52. The molecule has 0 aromatic carbocycles. The molecule has 0 amide bonds. The first kappa shape index (κ1) is 15.9. The van der Waals surface area contributed by atoms with Gasteiger partial charge in [-0.2, -0.15) is 13.2 Å². The number of aromatic amines is 2. The first-order valence-corrected chi connectivity index (χ1v) is 6.43. The van der Waals surface area contributed by atoms with Crippen molar-refractivity contribution in [3.8, 4) is 5.82 Å². The van der Waals surface area contributed by atoms with E-state index in [0.717, 1.165) is 10.8 Å². The molecule has 126 valence electrons. The zero-order valence-electron chi connectivity index (χ0n) is 11.9. The summed E-state index contributed by atoms with van der Waals surface area (Å²) in [5.74, 6) is -0.171. The van der Waals surface area contributed by atoms with Gasteiger partial charge in [-0.25, -0.2) is 19.3 Å². The van der Waals surface area contributed by atoms with Crippen LogP contribution in [0, 0.1) is 0 Å². The van der Waals surface area contributed by atoms with E-state index >= 15 is 0 Å². The molecule has 9 nitrogen and oxygen atoms in total. The second-order valence-corrected chi connectivity index (χ2v) is 5.03. The molecule has 0 fully saturated rings. The van der Waals surface area contributed by atoms with Gasteiger partial charge in [0.2, 0.25) is 5.60 Å². The quantitative estimate of drug-likeness (QED) is 0.599. The van der Waals surface area contributed by atoms with Gasteiger partial charge in [0, 0.05) is 0 Å². The topological polar surface area (TPSA) is 130 Å². The molecule has 0 radical (unpaired) electrons. The maximum absolute atomic E-state index is 12.8. The Morgan fingerprint density at radius 1 is 1.17 bits per heavy atom. The maximum atomic E-state index is 12.8. The molecule has 3 aromatic rings. The van der Waals surface area contributed by atoms with Crippen molar-refractivity contribution in [1.29, 1.82) is 0 Å². The smallest absolute Gasteiger partial charge is 0.375 e. The maximum Gasteiger partial charge on any atom is 0.422 e. The highest BCUT2D eigenvalue weighted by atomic mass is 19.4. The number of aromatic nitrogens is 6. The number of rotatable bonds is 2. The minimum absolute atomic E-state index is 0.0113. The molecule has 0 saturated heterocycles. The van der Waals surface area contributed by atoms with Gasteiger partial charge in [0.05, 0.1) is 24.4 Å². The third-order valence-electron chi connectivity index (χ3n) is 3.40. The van der Waals surface area contributed by atoms with Gasteiger partial charge in [-0.1, -0.05) is 0 Å². The third-order valence-corrected chi connectivity index (χ3v) is 3.40. The Morgan fingerprint density at radius 2 is 1.88 bits per heavy atom. The molecule has 3 aromatic heterocycles. The van der Waals surface area contributed by atoms with Gasteiger partial charge in [-0.3, -0.25) is 14.8 Å². The summed E-state index contributed by atoms with van der Waals surface area (Å²) >= 11 is 0. The van der Waals surface area contributed by atoms with Crippen LogP contribution in [-0.2, 0) is 5.60 Å². The van der Waals surface area contributed by atoms with E-state index in [1.54, 1.807) is 0 Å². The molecule has 3 heterocycles. The molecule has 0 aliphatic carbocycles. The van der Waals surface area contributed by atoms with Crippen LogP contribution in [0.25, 0.3) is 17.0 Å². The Bertz CT molecular complexity index is 1020. The summed E-state index contributed by atoms with van der Waals surface area (Å²) in [7, 11) is 0. The van der Waals surface area contributed by atoms with Crippen molar-refractivity contribution >= 4 is 11.2 Å². The van der Waals surface area contributed by atoms with E-state index in [4.69, 9.17) is 0 Å². The van der Waals surface area contributed by atoms with Gasteiger partial charge >= 0.3 is 11.9 Å². The van der Waals surface area contributed by atoms with Gasteiger partial charge in [0.25, 0.3) is 5.56 Å². The van der Waals surface area contributed by atoms with Gasteiger partial charge in [0.1, 0.15) is 5.52 Å². The summed E-state index contributed by atoms with van der Waals surface area (Å²) in [6.45, 7) is 0.536. The molecule has 0 bridgehead atoms. The number of nitrogens with one attached hydrogen (secondary N) is 2. The van der Waals surface area contributed by atoms with Crippen LogP contribution < -0.4 is 11.2 Å². The third kappa shape index (κ3) is 2.27. The van der Waals surface area contributed by atoms with E-state index in [1.807, 2.05) is 4.98 Å². The number of nitrogens with zero attached hydrogens (tertiary/aromatic N) is 4. The predicted octanol–water partition coefficient (Wildman–Crippen LogP) is -0.0381. The standard InChI is InChI=1S/C12H9F3N6O3/c1-11(24,12(13,14)15)5-2-17-6(3-16-5)21-8-7(18-4-19-8)9(22)20-10(21)23/h2-4,24H,1H3,(H,18,19)(H,20,22,23). The molecule has 0 aliphatic heterocycles. The molecular formula is C12H9F3N6O3. The Morgan fingerprint density at radius 3 is 2.46 bits per heavy atom. The van der Waals surface area contributed by atoms with Crippen LogP contribution in [0.3, 0.4) is 0 Å². The van der Waals surface area contributed by atoms with E-state index in [2.05, 4.69) is 19.9 Å². The first-order chi connectivity index (χ1) is 11.1. The van der Waals surface area contributed by atoms with Crippen molar-refractivity contribution in [2.45, 2.75) is 18.7 Å². The normalized spacial score (nSPS) is 14.7. The van der Waals surface area contributed by atoms with Crippen LogP contribution in [0.2, 0.25) is 0 Å². The van der Waals surface area contributed by atoms with Crippen molar-refractivity contribution in [1.82, 2.24) is 29.5 Å². The molecule has 1 atom stereocenters. The van der Waals surface area contributed by atoms with Crippen LogP contribution in [0.15, 0.2) is 28.3 Å². The highest BCUT2D eigenvalue weighted by Crippen LogP contribution is 2.37. The molecule has 0 saturated carbocycles. The largest absolute Gasteiger partial charge is 0.422 e. The lowest BCUT2D eigenvalue weighted by Crippen LogP contribution is -2.40. The first-order valence-electron chi connectivity index (χ1n) is 6.43. The lowest BCUT2D eigenvalue weighted by Gasteiger charge is -2.25. The van der Waals surface area contributed by atoms with Crippen molar-refractivity contribution in [2.24, 2.45) is 0 Å². The number of aliphatic hydroxyl groups is 1. The van der Waals surface area contributed by atoms with Crippen LogP contribution in [-0.4, -0.2) is 40.8 Å². The van der Waals surface area contributed by atoms with Crippen LogP contribution in [0.4, 0.5) is 13.2 Å². The summed E-state index contributed by atoms with van der Waals surface area (Å²) in [4.78, 5) is 39.2. The zero-order chi connectivity index (χ0) is 17.7. The predicted molar refractivity (Wildman–Crippen MR) is 73.5 cm³/mol. The molecule has 0 spiro atoms. The Kier molecular flexibility index (Phi) is 3.30. The average Bonchev–Trinajstić information content (AvgIpc) is 2.96. The fourth-order valence-corrected chi connectivity index (χ4v) is 1.98. The number of H-pyrrole nitrogens is 2. The van der Waals surface area contributed by atoms with Crippen LogP contribution >= 0.6 is 0 Å². The minimum Gasteiger partial charge on any atom is -0.375 e. The zero-order valence-corrected chi connectivity index (χ0v) is 11.9. The molecule has 12 heteroatoms.